The fourth-order valence-electron chi connectivity index (χ4n) is 4.14. The van der Waals surface area contributed by atoms with E-state index in [1.54, 1.807) is 25.3 Å². The molecule has 3 aromatic rings. The monoisotopic (exact) mass is 435 g/mol. The molecule has 1 aliphatic heterocycles. The van der Waals surface area contributed by atoms with E-state index in [0.717, 1.165) is 22.4 Å². The molecule has 0 spiro atoms. The van der Waals surface area contributed by atoms with Crippen LogP contribution in [0.2, 0.25) is 5.02 Å². The minimum atomic E-state index is -1.00. The first-order valence-corrected chi connectivity index (χ1v) is 10.4. The molecule has 1 heterocycles. The number of aliphatic carboxylic acids is 1. The van der Waals surface area contributed by atoms with Gasteiger partial charge in [0.2, 0.25) is 0 Å². The first-order valence-electron chi connectivity index (χ1n) is 10.0. The second-order valence-electron chi connectivity index (χ2n) is 7.49. The fraction of sp³-hybridized carbons (Fsp3) is 0.200. The van der Waals surface area contributed by atoms with Crippen LogP contribution >= 0.6 is 11.6 Å². The molecule has 1 fully saturated rings. The molecule has 0 bridgehead atoms. The zero-order valence-electron chi connectivity index (χ0n) is 17.0. The number of likely N-dealkylation sites (tertiary alicyclic amines) is 1. The van der Waals surface area contributed by atoms with Gasteiger partial charge in [0.15, 0.2) is 0 Å². The molecule has 4 rings (SSSR count). The SMILES string of the molecule is COc1cccc(-c2ccc(C(=O)N3C(c4ccccc4Cl)CC[C@H]3C(=O)O)cc2)c1. The minimum absolute atomic E-state index is 0.313. The van der Waals surface area contributed by atoms with Crippen molar-refractivity contribution >= 4 is 23.5 Å². The summed E-state index contributed by atoms with van der Waals surface area (Å²) in [5.74, 6) is -0.565. The molecule has 0 radical (unpaired) electrons. The highest BCUT2D eigenvalue weighted by atomic mass is 35.5. The number of hydrogen-bond donors (Lipinski definition) is 1. The molecule has 1 aliphatic rings. The van der Waals surface area contributed by atoms with Crippen molar-refractivity contribution in [3.8, 4) is 16.9 Å². The number of carbonyl (C=O) groups is 2. The van der Waals surface area contributed by atoms with Crippen molar-refractivity contribution in [2.45, 2.75) is 24.9 Å². The van der Waals surface area contributed by atoms with Crippen LogP contribution in [0.1, 0.15) is 34.8 Å². The third-order valence-electron chi connectivity index (χ3n) is 5.70. The lowest BCUT2D eigenvalue weighted by Gasteiger charge is -2.29. The van der Waals surface area contributed by atoms with E-state index in [1.807, 2.05) is 54.6 Å². The van der Waals surface area contributed by atoms with Crippen LogP contribution in [-0.2, 0) is 4.79 Å². The van der Waals surface area contributed by atoms with Crippen molar-refractivity contribution in [3.05, 3.63) is 88.9 Å². The first kappa shape index (κ1) is 20.9. The highest BCUT2D eigenvalue weighted by Gasteiger charge is 2.42. The summed E-state index contributed by atoms with van der Waals surface area (Å²) in [7, 11) is 1.62. The van der Waals surface area contributed by atoms with E-state index in [9.17, 15) is 14.7 Å². The molecule has 158 valence electrons. The summed E-state index contributed by atoms with van der Waals surface area (Å²) in [4.78, 5) is 26.7. The van der Waals surface area contributed by atoms with Crippen LogP contribution < -0.4 is 4.74 Å². The number of amides is 1. The molecule has 2 atom stereocenters. The molecule has 5 nitrogen and oxygen atoms in total. The highest BCUT2D eigenvalue weighted by molar-refractivity contribution is 6.31. The molecule has 6 heteroatoms. The van der Waals surface area contributed by atoms with E-state index >= 15 is 0 Å². The Hall–Kier alpha value is -3.31. The second kappa shape index (κ2) is 8.82. The van der Waals surface area contributed by atoms with E-state index in [1.165, 1.54) is 4.90 Å². The number of rotatable bonds is 5. The van der Waals surface area contributed by atoms with Crippen molar-refractivity contribution < 1.29 is 19.4 Å². The van der Waals surface area contributed by atoms with E-state index in [2.05, 4.69) is 0 Å². The van der Waals surface area contributed by atoms with Gasteiger partial charge in [-0.05, 0) is 59.9 Å². The minimum Gasteiger partial charge on any atom is -0.497 e. The Balaban J connectivity index is 1.65. The van der Waals surface area contributed by atoms with Gasteiger partial charge in [-0.15, -0.1) is 0 Å². The normalized spacial score (nSPS) is 18.1. The van der Waals surface area contributed by atoms with E-state index < -0.39 is 12.0 Å². The van der Waals surface area contributed by atoms with Gasteiger partial charge >= 0.3 is 5.97 Å². The van der Waals surface area contributed by atoms with E-state index in [0.29, 0.717) is 23.4 Å². The lowest BCUT2D eigenvalue weighted by Crippen LogP contribution is -2.41. The second-order valence-corrected chi connectivity index (χ2v) is 7.90. The van der Waals surface area contributed by atoms with Gasteiger partial charge in [-0.3, -0.25) is 4.79 Å². The predicted octanol–water partition coefficient (Wildman–Crippen LogP) is 5.45. The predicted molar refractivity (Wildman–Crippen MR) is 119 cm³/mol. The van der Waals surface area contributed by atoms with Gasteiger partial charge in [-0.2, -0.15) is 0 Å². The van der Waals surface area contributed by atoms with Crippen molar-refractivity contribution in [1.29, 1.82) is 0 Å². The van der Waals surface area contributed by atoms with Gasteiger partial charge in [0, 0.05) is 10.6 Å². The molecular weight excluding hydrogens is 414 g/mol. The topological polar surface area (TPSA) is 66.8 Å². The molecule has 1 unspecified atom stereocenters. The highest BCUT2D eigenvalue weighted by Crippen LogP contribution is 2.40. The number of halogens is 1. The zero-order chi connectivity index (χ0) is 22.0. The van der Waals surface area contributed by atoms with E-state index in [4.69, 9.17) is 16.3 Å². The number of benzene rings is 3. The smallest absolute Gasteiger partial charge is 0.326 e. The number of methoxy groups -OCH3 is 1. The van der Waals surface area contributed by atoms with Gasteiger partial charge in [-0.1, -0.05) is 54.1 Å². The van der Waals surface area contributed by atoms with Gasteiger partial charge in [0.25, 0.3) is 5.91 Å². The summed E-state index contributed by atoms with van der Waals surface area (Å²) in [6, 6.07) is 20.9. The summed E-state index contributed by atoms with van der Waals surface area (Å²) in [6.07, 6.45) is 0.938. The average molecular weight is 436 g/mol. The van der Waals surface area contributed by atoms with Crippen LogP contribution in [-0.4, -0.2) is 35.0 Å². The molecule has 31 heavy (non-hydrogen) atoms. The Morgan fingerprint density at radius 1 is 0.968 bits per heavy atom. The number of carbonyl (C=O) groups excluding carboxylic acids is 1. The number of ether oxygens (including phenoxy) is 1. The summed E-state index contributed by atoms with van der Waals surface area (Å²) in [5, 5.41) is 10.2. The molecule has 0 saturated carbocycles. The standard InChI is InChI=1S/C25H22ClNO4/c1-31-19-6-4-5-18(15-19)16-9-11-17(12-10-16)24(28)27-22(13-14-23(27)25(29)30)20-7-2-3-8-21(20)26/h2-12,15,22-23H,13-14H2,1H3,(H,29,30)/t22?,23-/m0/s1. The Bertz CT molecular complexity index is 1110. The molecular formula is C25H22ClNO4. The molecule has 3 aromatic carbocycles. The van der Waals surface area contributed by atoms with Crippen molar-refractivity contribution in [3.63, 3.8) is 0 Å². The lowest BCUT2D eigenvalue weighted by atomic mass is 10.0. The van der Waals surface area contributed by atoms with Crippen molar-refractivity contribution in [1.82, 2.24) is 4.90 Å². The molecule has 0 aromatic heterocycles. The first-order chi connectivity index (χ1) is 15.0. The van der Waals surface area contributed by atoms with Gasteiger partial charge < -0.3 is 14.7 Å². The summed E-state index contributed by atoms with van der Waals surface area (Å²) in [5.41, 5.74) is 3.12. The largest absolute Gasteiger partial charge is 0.497 e. The summed E-state index contributed by atoms with van der Waals surface area (Å²) >= 11 is 6.37. The quantitative estimate of drug-likeness (QED) is 0.579. The van der Waals surface area contributed by atoms with Crippen LogP contribution in [0.5, 0.6) is 5.75 Å². The third kappa shape index (κ3) is 4.14. The van der Waals surface area contributed by atoms with Crippen molar-refractivity contribution in [2.75, 3.05) is 7.11 Å². The van der Waals surface area contributed by atoms with Crippen LogP contribution in [0.25, 0.3) is 11.1 Å². The number of nitrogens with zero attached hydrogens (tertiary/aromatic N) is 1. The summed E-state index contributed by atoms with van der Waals surface area (Å²) in [6.45, 7) is 0. The lowest BCUT2D eigenvalue weighted by molar-refractivity contribution is -0.141. The van der Waals surface area contributed by atoms with Crippen LogP contribution in [0.4, 0.5) is 0 Å². The Morgan fingerprint density at radius 2 is 1.71 bits per heavy atom. The Labute approximate surface area is 185 Å². The molecule has 1 amide bonds. The van der Waals surface area contributed by atoms with Gasteiger partial charge in [0.05, 0.1) is 13.2 Å². The Morgan fingerprint density at radius 3 is 2.39 bits per heavy atom. The maximum Gasteiger partial charge on any atom is 0.326 e. The van der Waals surface area contributed by atoms with Gasteiger partial charge in [-0.25, -0.2) is 4.79 Å². The molecule has 1 N–H and O–H groups in total. The Kier molecular flexibility index (Phi) is 5.96. The van der Waals surface area contributed by atoms with E-state index in [-0.39, 0.29) is 11.9 Å². The third-order valence-corrected chi connectivity index (χ3v) is 6.05. The number of hydrogen-bond acceptors (Lipinski definition) is 3. The van der Waals surface area contributed by atoms with Crippen LogP contribution in [0.3, 0.4) is 0 Å². The number of carboxylic acid groups (broad SMARTS) is 1. The maximum atomic E-state index is 13.4. The van der Waals surface area contributed by atoms with Crippen LogP contribution in [0, 0.1) is 0 Å². The molecule has 1 saturated heterocycles. The maximum absolute atomic E-state index is 13.4. The van der Waals surface area contributed by atoms with Gasteiger partial charge in [0.1, 0.15) is 11.8 Å². The number of carboxylic acids is 1. The molecule has 0 aliphatic carbocycles. The average Bonchev–Trinajstić information content (AvgIpc) is 3.24. The van der Waals surface area contributed by atoms with Crippen LogP contribution in [0.15, 0.2) is 72.8 Å². The summed E-state index contributed by atoms with van der Waals surface area (Å²) < 4.78 is 5.28. The zero-order valence-corrected chi connectivity index (χ0v) is 17.8. The fourth-order valence-corrected chi connectivity index (χ4v) is 4.41. The van der Waals surface area contributed by atoms with Crippen molar-refractivity contribution in [2.24, 2.45) is 0 Å².